The number of amides is 1. The first-order valence-electron chi connectivity index (χ1n) is 13.3. The number of nitrogens with zero attached hydrogens (tertiary/aromatic N) is 3. The van der Waals surface area contributed by atoms with E-state index < -0.39 is 28.0 Å². The van der Waals surface area contributed by atoms with Crippen molar-refractivity contribution < 1.29 is 17.6 Å². The van der Waals surface area contributed by atoms with E-state index in [4.69, 9.17) is 16.5 Å². The van der Waals surface area contributed by atoms with Gasteiger partial charge in [0.15, 0.2) is 9.84 Å². The second-order valence-electron chi connectivity index (χ2n) is 10.4. The van der Waals surface area contributed by atoms with Gasteiger partial charge in [0.1, 0.15) is 17.2 Å². The van der Waals surface area contributed by atoms with Crippen LogP contribution in [0.15, 0.2) is 42.1 Å². The lowest BCUT2D eigenvalue weighted by Crippen LogP contribution is -2.41. The molecule has 1 aliphatic carbocycles. The van der Waals surface area contributed by atoms with Gasteiger partial charge in [-0.25, -0.2) is 17.8 Å². The first-order valence-corrected chi connectivity index (χ1v) is 15.9. The van der Waals surface area contributed by atoms with E-state index in [0.717, 1.165) is 16.1 Å². The van der Waals surface area contributed by atoms with E-state index >= 15 is 0 Å². The lowest BCUT2D eigenvalue weighted by atomic mass is 9.75. The molecule has 1 saturated heterocycles. The highest BCUT2D eigenvalue weighted by Gasteiger charge is 2.39. The predicted octanol–water partition coefficient (Wildman–Crippen LogP) is 3.46. The molecule has 2 fully saturated rings. The molecule has 0 spiro atoms. The number of nitrogens with one attached hydrogen (secondary N) is 1. The van der Waals surface area contributed by atoms with E-state index in [2.05, 4.69) is 5.32 Å². The molecule has 12 heteroatoms. The zero-order valence-electron chi connectivity index (χ0n) is 22.6. The number of aromatic nitrogens is 1. The molecule has 1 aromatic carbocycles. The molecule has 4 rings (SSSR count). The van der Waals surface area contributed by atoms with Crippen molar-refractivity contribution in [2.75, 3.05) is 29.5 Å². The van der Waals surface area contributed by atoms with Crippen LogP contribution < -0.4 is 21.7 Å². The summed E-state index contributed by atoms with van der Waals surface area (Å²) in [4.78, 5) is 20.9. The summed E-state index contributed by atoms with van der Waals surface area (Å²) < 4.78 is 38.2. The molecule has 9 nitrogen and oxygen atoms in total. The largest absolute Gasteiger partial charge is 0.402 e. The number of halogens is 1. The van der Waals surface area contributed by atoms with Crippen LogP contribution in [0.5, 0.6) is 0 Å². The van der Waals surface area contributed by atoms with Crippen LogP contribution in [0.25, 0.3) is 16.1 Å². The van der Waals surface area contributed by atoms with Crippen LogP contribution in [-0.2, 0) is 14.6 Å². The van der Waals surface area contributed by atoms with Crippen LogP contribution in [0.4, 0.5) is 10.1 Å². The molecule has 2 aromatic rings. The molecule has 40 heavy (non-hydrogen) atoms. The van der Waals surface area contributed by atoms with Crippen LogP contribution in [0, 0.1) is 17.2 Å². The number of nitriles is 1. The van der Waals surface area contributed by atoms with Crippen LogP contribution in [0.3, 0.4) is 0 Å². The Kier molecular flexibility index (Phi) is 9.15. The topological polar surface area (TPSA) is 155 Å². The molecule has 1 aromatic heterocycles. The van der Waals surface area contributed by atoms with Crippen LogP contribution in [0.2, 0.25) is 0 Å². The average molecular weight is 587 g/mol. The van der Waals surface area contributed by atoms with E-state index in [1.165, 1.54) is 11.3 Å². The monoisotopic (exact) mass is 586 g/mol. The van der Waals surface area contributed by atoms with Crippen LogP contribution in [0.1, 0.15) is 49.7 Å². The van der Waals surface area contributed by atoms with Gasteiger partial charge in [0.25, 0.3) is 0 Å². The second kappa shape index (κ2) is 12.4. The highest BCUT2D eigenvalue weighted by Crippen LogP contribution is 2.45. The Bertz CT molecular complexity index is 1430. The summed E-state index contributed by atoms with van der Waals surface area (Å²) in [6.07, 6.45) is 3.07. The minimum Gasteiger partial charge on any atom is -0.402 e. The number of benzene rings is 1. The molecular formula is C28H35FN6O3S2. The van der Waals surface area contributed by atoms with Crippen molar-refractivity contribution in [1.82, 2.24) is 10.3 Å². The number of allylic oxidation sites excluding steroid dienone is 3. The third-order valence-electron chi connectivity index (χ3n) is 7.29. The average Bonchev–Trinajstić information content (AvgIpc) is 3.37. The minimum atomic E-state index is -2.99. The summed E-state index contributed by atoms with van der Waals surface area (Å²) in [5.41, 5.74) is 15.6. The molecule has 0 bridgehead atoms. The molecule has 4 atom stereocenters. The normalized spacial score (nSPS) is 24.2. The number of carbonyl (C=O) groups is 1. The molecular weight excluding hydrogens is 551 g/mol. The van der Waals surface area contributed by atoms with Gasteiger partial charge < -0.3 is 21.7 Å². The van der Waals surface area contributed by atoms with Crippen molar-refractivity contribution in [3.05, 3.63) is 52.8 Å². The highest BCUT2D eigenvalue weighted by molar-refractivity contribution is 7.91. The van der Waals surface area contributed by atoms with Gasteiger partial charge in [0.05, 0.1) is 33.8 Å². The number of hydrogen-bond donors (Lipinski definition) is 3. The fraction of sp³-hybridized carbons (Fsp3) is 0.464. The van der Waals surface area contributed by atoms with E-state index in [1.807, 2.05) is 35.2 Å². The zero-order valence-corrected chi connectivity index (χ0v) is 24.3. The molecule has 214 valence electrons. The van der Waals surface area contributed by atoms with Crippen molar-refractivity contribution in [2.45, 2.75) is 51.2 Å². The summed E-state index contributed by atoms with van der Waals surface area (Å²) in [6, 6.07) is 9.12. The number of rotatable bonds is 7. The Hall–Kier alpha value is -3.43. The second-order valence-corrected chi connectivity index (χ2v) is 13.7. The summed E-state index contributed by atoms with van der Waals surface area (Å²) in [7, 11) is -2.99. The van der Waals surface area contributed by atoms with Gasteiger partial charge in [-0.1, -0.05) is 12.1 Å². The molecule has 1 saturated carbocycles. The minimum absolute atomic E-state index is 0.0538. The molecule has 2 aliphatic rings. The number of anilines is 1. The van der Waals surface area contributed by atoms with E-state index in [1.54, 1.807) is 26.0 Å². The maximum Gasteiger partial charge on any atom is 0.224 e. The molecule has 1 aliphatic heterocycles. The number of hydrogen-bond acceptors (Lipinski definition) is 9. The lowest BCUT2D eigenvalue weighted by molar-refractivity contribution is -0.127. The zero-order chi connectivity index (χ0) is 29.0. The predicted molar refractivity (Wildman–Crippen MR) is 157 cm³/mol. The Labute approximate surface area is 238 Å². The summed E-state index contributed by atoms with van der Waals surface area (Å²) >= 11 is 1.39. The van der Waals surface area contributed by atoms with E-state index in [9.17, 15) is 22.9 Å². The maximum atomic E-state index is 14.6. The van der Waals surface area contributed by atoms with E-state index in [-0.39, 0.29) is 29.8 Å². The Morgan fingerprint density at radius 2 is 1.90 bits per heavy atom. The standard InChI is InChI=1S/C28H35FN6O3S2/c1-17(31)3-10-24(32)28-34-25(22-9-6-20(29)15-23(22)27(36)33-18(2)16-30)26(39-28)19-4-7-21(8-5-19)35-11-13-40(37,38)14-12-35/h3-5,7-8,10,18,20,22-23H,6,9,11-15,31-32H2,1-2H3,(H,33,36)/b17-3-,24-10-/t18-,20-,22+,23?/m0/s1. The number of sulfone groups is 1. The number of carbonyl (C=O) groups excluding carboxylic acids is 1. The SMILES string of the molecule is C/C(N)=C/C=C(\N)c1nc([C@@H]2CC[C@H](F)CC2C(=O)N[C@@H](C)C#N)c(-c2ccc(N3CCS(=O)(=O)CC3)cc2)s1. The van der Waals surface area contributed by atoms with E-state index in [0.29, 0.717) is 48.0 Å². The molecule has 5 N–H and O–H groups in total. The van der Waals surface area contributed by atoms with Gasteiger partial charge in [-0.2, -0.15) is 5.26 Å². The first-order chi connectivity index (χ1) is 19.0. The third-order valence-corrected chi connectivity index (χ3v) is 10.1. The van der Waals surface area contributed by atoms with Gasteiger partial charge in [-0.3, -0.25) is 4.79 Å². The molecule has 0 radical (unpaired) electrons. The van der Waals surface area contributed by atoms with Gasteiger partial charge in [-0.15, -0.1) is 11.3 Å². The van der Waals surface area contributed by atoms with Gasteiger partial charge in [-0.05, 0) is 63.0 Å². The van der Waals surface area contributed by atoms with Gasteiger partial charge in [0, 0.05) is 36.3 Å². The smallest absolute Gasteiger partial charge is 0.224 e. The van der Waals surface area contributed by atoms with Crippen molar-refractivity contribution in [2.24, 2.45) is 17.4 Å². The van der Waals surface area contributed by atoms with Crippen LogP contribution >= 0.6 is 11.3 Å². The fourth-order valence-electron chi connectivity index (χ4n) is 5.09. The van der Waals surface area contributed by atoms with Gasteiger partial charge in [0.2, 0.25) is 5.91 Å². The molecule has 2 heterocycles. The van der Waals surface area contributed by atoms with Crippen molar-refractivity contribution in [3.63, 3.8) is 0 Å². The van der Waals surface area contributed by atoms with Crippen molar-refractivity contribution >= 4 is 38.5 Å². The van der Waals surface area contributed by atoms with Crippen molar-refractivity contribution in [3.8, 4) is 16.5 Å². The fourth-order valence-corrected chi connectivity index (χ4v) is 7.37. The summed E-state index contributed by atoms with van der Waals surface area (Å²) in [6.45, 7) is 4.23. The Balaban J connectivity index is 1.72. The van der Waals surface area contributed by atoms with Gasteiger partial charge >= 0.3 is 0 Å². The number of thiazole rings is 1. The Morgan fingerprint density at radius 3 is 2.52 bits per heavy atom. The van der Waals surface area contributed by atoms with Crippen LogP contribution in [-0.4, -0.2) is 56.1 Å². The lowest BCUT2D eigenvalue weighted by Gasteiger charge is -2.32. The van der Waals surface area contributed by atoms with Crippen molar-refractivity contribution in [1.29, 1.82) is 5.26 Å². The summed E-state index contributed by atoms with van der Waals surface area (Å²) in [5, 5.41) is 12.5. The third kappa shape index (κ3) is 7.01. The Morgan fingerprint density at radius 1 is 1.23 bits per heavy atom. The molecule has 1 amide bonds. The molecule has 1 unspecified atom stereocenters. The maximum absolute atomic E-state index is 14.6. The first kappa shape index (κ1) is 29.6. The highest BCUT2D eigenvalue weighted by atomic mass is 32.2. The number of nitrogens with two attached hydrogens (primary N) is 2. The quantitative estimate of drug-likeness (QED) is 0.417. The summed E-state index contributed by atoms with van der Waals surface area (Å²) in [5.74, 6) is -1.14. The number of alkyl halides is 1.